The van der Waals surface area contributed by atoms with Gasteiger partial charge in [-0.3, -0.25) is 0 Å². The quantitative estimate of drug-likeness (QED) is 0.499. The second kappa shape index (κ2) is 5.84. The van der Waals surface area contributed by atoms with E-state index in [2.05, 4.69) is 6.92 Å². The molecule has 75 valence electrons. The Labute approximate surface area is 79.4 Å². The Morgan fingerprint density at radius 2 is 2.08 bits per heavy atom. The van der Waals surface area contributed by atoms with Crippen LogP contribution in [0.2, 0.25) is 0 Å². The zero-order valence-corrected chi connectivity index (χ0v) is 7.96. The van der Waals surface area contributed by atoms with Crippen molar-refractivity contribution in [3.05, 3.63) is 6.92 Å². The molecule has 0 aromatic carbocycles. The lowest BCUT2D eigenvalue weighted by atomic mass is 10.3. The Balaban J connectivity index is 2.02. The van der Waals surface area contributed by atoms with Gasteiger partial charge in [0, 0.05) is 0 Å². The molecule has 0 amide bonds. The molecule has 1 radical (unpaired) electrons. The Kier molecular flexibility index (Phi) is 4.65. The van der Waals surface area contributed by atoms with Crippen LogP contribution < -0.4 is 0 Å². The second-order valence-corrected chi connectivity index (χ2v) is 3.33. The van der Waals surface area contributed by atoms with Gasteiger partial charge in [-0.15, -0.1) is 0 Å². The van der Waals surface area contributed by atoms with Crippen LogP contribution in [-0.4, -0.2) is 18.9 Å². The van der Waals surface area contributed by atoms with Gasteiger partial charge in [0.05, 0.1) is 6.61 Å². The Morgan fingerprint density at radius 1 is 1.38 bits per heavy atom. The third-order valence-electron chi connectivity index (χ3n) is 2.18. The minimum absolute atomic E-state index is 0.104. The fourth-order valence-corrected chi connectivity index (χ4v) is 1.43. The molecule has 1 aliphatic carbocycles. The number of carbonyl (C=O) groups excluding carboxylic acids is 1. The van der Waals surface area contributed by atoms with E-state index in [1.54, 1.807) is 0 Å². The first-order chi connectivity index (χ1) is 6.33. The summed E-state index contributed by atoms with van der Waals surface area (Å²) in [7, 11) is 0. The summed E-state index contributed by atoms with van der Waals surface area (Å²) >= 11 is 0. The van der Waals surface area contributed by atoms with E-state index in [1.807, 2.05) is 0 Å². The van der Waals surface area contributed by atoms with Gasteiger partial charge in [0.2, 0.25) is 0 Å². The molecule has 13 heavy (non-hydrogen) atoms. The van der Waals surface area contributed by atoms with Gasteiger partial charge in [-0.25, -0.2) is 4.79 Å². The average molecular weight is 185 g/mol. The monoisotopic (exact) mass is 185 g/mol. The van der Waals surface area contributed by atoms with E-state index in [9.17, 15) is 4.79 Å². The smallest absolute Gasteiger partial charge is 0.434 e. The standard InChI is InChI=1S/C10H17O3/c1-2-3-8-12-10(11)13-9-6-4-5-7-9/h9H,1-8H2. The van der Waals surface area contributed by atoms with E-state index >= 15 is 0 Å². The highest BCUT2D eigenvalue weighted by molar-refractivity contribution is 5.60. The summed E-state index contributed by atoms with van der Waals surface area (Å²) in [4.78, 5) is 11.0. The molecule has 3 nitrogen and oxygen atoms in total. The van der Waals surface area contributed by atoms with Crippen LogP contribution in [0.5, 0.6) is 0 Å². The van der Waals surface area contributed by atoms with Gasteiger partial charge < -0.3 is 9.47 Å². The number of carbonyl (C=O) groups is 1. The van der Waals surface area contributed by atoms with Crippen molar-refractivity contribution in [2.45, 2.75) is 44.6 Å². The normalized spacial score (nSPS) is 17.3. The SMILES string of the molecule is [CH2]CCCOC(=O)OC1CCCC1. The molecular weight excluding hydrogens is 168 g/mol. The third kappa shape index (κ3) is 4.15. The molecule has 0 bridgehead atoms. The Hall–Kier alpha value is -0.730. The second-order valence-electron chi connectivity index (χ2n) is 3.33. The molecule has 0 spiro atoms. The minimum Gasteiger partial charge on any atom is -0.434 e. The van der Waals surface area contributed by atoms with Crippen LogP contribution in [0.25, 0.3) is 0 Å². The summed E-state index contributed by atoms with van der Waals surface area (Å²) in [5, 5.41) is 0. The molecule has 0 aromatic rings. The molecule has 0 saturated heterocycles. The van der Waals surface area contributed by atoms with Crippen LogP contribution in [0.15, 0.2) is 0 Å². The molecule has 0 unspecified atom stereocenters. The van der Waals surface area contributed by atoms with E-state index in [0.717, 1.165) is 38.5 Å². The number of ether oxygens (including phenoxy) is 2. The fraction of sp³-hybridized carbons (Fsp3) is 0.800. The zero-order chi connectivity index (χ0) is 9.52. The molecule has 0 heterocycles. The van der Waals surface area contributed by atoms with Crippen molar-refractivity contribution in [3.63, 3.8) is 0 Å². The van der Waals surface area contributed by atoms with Crippen molar-refractivity contribution >= 4 is 6.16 Å². The van der Waals surface area contributed by atoms with Crippen molar-refractivity contribution in [1.82, 2.24) is 0 Å². The highest BCUT2D eigenvalue weighted by Gasteiger charge is 2.19. The first-order valence-electron chi connectivity index (χ1n) is 4.95. The molecule has 0 N–H and O–H groups in total. The van der Waals surface area contributed by atoms with Gasteiger partial charge >= 0.3 is 6.16 Å². The topological polar surface area (TPSA) is 35.5 Å². The van der Waals surface area contributed by atoms with E-state index in [-0.39, 0.29) is 6.10 Å². The molecule has 1 rings (SSSR count). The third-order valence-corrected chi connectivity index (χ3v) is 2.18. The van der Waals surface area contributed by atoms with Crippen molar-refractivity contribution < 1.29 is 14.3 Å². The summed E-state index contributed by atoms with van der Waals surface area (Å²) in [6, 6.07) is 0. The molecule has 1 fully saturated rings. The van der Waals surface area contributed by atoms with Crippen LogP contribution >= 0.6 is 0 Å². The van der Waals surface area contributed by atoms with E-state index in [1.165, 1.54) is 0 Å². The lowest BCUT2D eigenvalue weighted by Crippen LogP contribution is -2.16. The van der Waals surface area contributed by atoms with Gasteiger partial charge in [0.15, 0.2) is 0 Å². The Morgan fingerprint density at radius 3 is 2.69 bits per heavy atom. The highest BCUT2D eigenvalue weighted by atomic mass is 16.7. The summed E-state index contributed by atoms with van der Waals surface area (Å²) in [6.07, 6.45) is 5.49. The van der Waals surface area contributed by atoms with Crippen molar-refractivity contribution in [1.29, 1.82) is 0 Å². The van der Waals surface area contributed by atoms with Crippen LogP contribution in [0.3, 0.4) is 0 Å². The van der Waals surface area contributed by atoms with Gasteiger partial charge in [-0.1, -0.05) is 13.3 Å². The largest absolute Gasteiger partial charge is 0.508 e. The summed E-state index contributed by atoms with van der Waals surface area (Å²) in [5.74, 6) is 0. The Bertz CT molecular complexity index is 150. The van der Waals surface area contributed by atoms with Crippen LogP contribution in [-0.2, 0) is 9.47 Å². The van der Waals surface area contributed by atoms with E-state index < -0.39 is 6.16 Å². The molecule has 0 aliphatic heterocycles. The van der Waals surface area contributed by atoms with Crippen LogP contribution in [0.1, 0.15) is 38.5 Å². The number of hydrogen-bond donors (Lipinski definition) is 0. The van der Waals surface area contributed by atoms with Crippen molar-refractivity contribution in [2.24, 2.45) is 0 Å². The predicted octanol–water partition coefficient (Wildman–Crippen LogP) is 2.70. The lowest BCUT2D eigenvalue weighted by molar-refractivity contribution is 0.0253. The fourth-order valence-electron chi connectivity index (χ4n) is 1.43. The van der Waals surface area contributed by atoms with Gasteiger partial charge in [0.25, 0.3) is 0 Å². The molecular formula is C10H17O3. The molecule has 0 aromatic heterocycles. The average Bonchev–Trinajstić information content (AvgIpc) is 2.57. The number of unbranched alkanes of at least 4 members (excludes halogenated alkanes) is 1. The first kappa shape index (κ1) is 10.4. The van der Waals surface area contributed by atoms with Crippen LogP contribution in [0.4, 0.5) is 4.79 Å². The molecule has 3 heteroatoms. The van der Waals surface area contributed by atoms with E-state index in [4.69, 9.17) is 9.47 Å². The van der Waals surface area contributed by atoms with Crippen molar-refractivity contribution in [3.8, 4) is 0 Å². The zero-order valence-electron chi connectivity index (χ0n) is 7.96. The molecule has 0 atom stereocenters. The highest BCUT2D eigenvalue weighted by Crippen LogP contribution is 2.21. The summed E-state index contributed by atoms with van der Waals surface area (Å²) in [6.45, 7) is 4.08. The maximum Gasteiger partial charge on any atom is 0.508 e. The van der Waals surface area contributed by atoms with Gasteiger partial charge in [-0.2, -0.15) is 0 Å². The van der Waals surface area contributed by atoms with E-state index in [0.29, 0.717) is 6.61 Å². The predicted molar refractivity (Wildman–Crippen MR) is 49.3 cm³/mol. The maximum atomic E-state index is 11.0. The lowest BCUT2D eigenvalue weighted by Gasteiger charge is -2.10. The van der Waals surface area contributed by atoms with Gasteiger partial charge in [0.1, 0.15) is 6.10 Å². The van der Waals surface area contributed by atoms with Crippen LogP contribution in [0, 0.1) is 6.92 Å². The van der Waals surface area contributed by atoms with Crippen molar-refractivity contribution in [2.75, 3.05) is 6.61 Å². The summed E-state index contributed by atoms with van der Waals surface area (Å²) in [5.41, 5.74) is 0. The van der Waals surface area contributed by atoms with Gasteiger partial charge in [-0.05, 0) is 32.1 Å². The maximum absolute atomic E-state index is 11.0. The molecule has 1 saturated carbocycles. The molecule has 1 aliphatic rings. The number of rotatable bonds is 4. The summed E-state index contributed by atoms with van der Waals surface area (Å²) < 4.78 is 9.92. The first-order valence-corrected chi connectivity index (χ1v) is 4.95. The number of hydrogen-bond acceptors (Lipinski definition) is 3. The minimum atomic E-state index is -0.514.